The highest BCUT2D eigenvalue weighted by Crippen LogP contribution is 2.14. The molecule has 0 spiro atoms. The number of halogens is 1. The summed E-state index contributed by atoms with van der Waals surface area (Å²) in [6.45, 7) is 1.90. The van der Waals surface area contributed by atoms with E-state index in [1.807, 2.05) is 6.92 Å². The number of rotatable bonds is 14. The van der Waals surface area contributed by atoms with Crippen molar-refractivity contribution in [2.75, 3.05) is 0 Å². The summed E-state index contributed by atoms with van der Waals surface area (Å²) in [5.41, 5.74) is 0. The van der Waals surface area contributed by atoms with Crippen molar-refractivity contribution in [3.8, 4) is 0 Å². The zero-order valence-electron chi connectivity index (χ0n) is 12.5. The largest absolute Gasteiger partial charge is 0.481 e. The van der Waals surface area contributed by atoms with Crippen LogP contribution in [-0.2, 0) is 4.79 Å². The molecule has 1 atom stereocenters. The van der Waals surface area contributed by atoms with Crippen molar-refractivity contribution in [2.24, 2.45) is 0 Å². The average molecular weight is 274 g/mol. The number of hydrogen-bond donors (Lipinski definition) is 1. The van der Waals surface area contributed by atoms with E-state index in [-0.39, 0.29) is 0 Å². The first-order valence-corrected chi connectivity index (χ1v) is 8.02. The van der Waals surface area contributed by atoms with E-state index in [1.54, 1.807) is 0 Å². The lowest BCUT2D eigenvalue weighted by Gasteiger charge is -2.05. The van der Waals surface area contributed by atoms with Crippen LogP contribution in [-0.4, -0.2) is 17.2 Å². The highest BCUT2D eigenvalue weighted by Gasteiger charge is 2.01. The molecular formula is C16H31FO2. The van der Waals surface area contributed by atoms with Crippen LogP contribution in [0.5, 0.6) is 0 Å². The molecule has 0 amide bonds. The summed E-state index contributed by atoms with van der Waals surface area (Å²) >= 11 is 0. The molecule has 0 heterocycles. The summed E-state index contributed by atoms with van der Waals surface area (Å²) in [5, 5.41) is 8.48. The second-order valence-electron chi connectivity index (χ2n) is 5.47. The summed E-state index contributed by atoms with van der Waals surface area (Å²) in [5.74, 6) is -0.682. The first-order chi connectivity index (χ1) is 9.16. The molecule has 0 aromatic rings. The predicted molar refractivity (Wildman–Crippen MR) is 78.2 cm³/mol. The van der Waals surface area contributed by atoms with Gasteiger partial charge in [-0.3, -0.25) is 4.79 Å². The fraction of sp³-hybridized carbons (Fsp3) is 0.938. The van der Waals surface area contributed by atoms with Gasteiger partial charge in [-0.2, -0.15) is 0 Å². The van der Waals surface area contributed by atoms with E-state index in [0.717, 1.165) is 32.1 Å². The maximum atomic E-state index is 12.9. The van der Waals surface area contributed by atoms with Crippen LogP contribution in [0.1, 0.15) is 90.4 Å². The van der Waals surface area contributed by atoms with Crippen LogP contribution in [0.15, 0.2) is 0 Å². The molecule has 0 saturated heterocycles. The number of carboxylic acids is 1. The van der Waals surface area contributed by atoms with E-state index >= 15 is 0 Å². The molecule has 114 valence electrons. The van der Waals surface area contributed by atoms with Gasteiger partial charge in [0.15, 0.2) is 0 Å². The minimum absolute atomic E-state index is 0.313. The Hall–Kier alpha value is -0.600. The van der Waals surface area contributed by atoms with Crippen molar-refractivity contribution in [1.29, 1.82) is 0 Å². The molecule has 1 unspecified atom stereocenters. The first kappa shape index (κ1) is 18.4. The number of hydrogen-bond acceptors (Lipinski definition) is 1. The highest BCUT2D eigenvalue weighted by molar-refractivity contribution is 5.66. The quantitative estimate of drug-likeness (QED) is 0.425. The van der Waals surface area contributed by atoms with E-state index in [2.05, 4.69) is 0 Å². The smallest absolute Gasteiger partial charge is 0.303 e. The van der Waals surface area contributed by atoms with Gasteiger partial charge in [-0.25, -0.2) is 4.39 Å². The molecule has 2 nitrogen and oxygen atoms in total. The molecule has 0 aliphatic heterocycles. The Bertz CT molecular complexity index is 207. The lowest BCUT2D eigenvalue weighted by molar-refractivity contribution is -0.137. The van der Waals surface area contributed by atoms with Crippen molar-refractivity contribution in [1.82, 2.24) is 0 Å². The topological polar surface area (TPSA) is 37.3 Å². The minimum atomic E-state index is -0.682. The maximum Gasteiger partial charge on any atom is 0.303 e. The van der Waals surface area contributed by atoms with Crippen molar-refractivity contribution in [3.63, 3.8) is 0 Å². The molecule has 0 aromatic carbocycles. The Morgan fingerprint density at radius 3 is 1.74 bits per heavy atom. The van der Waals surface area contributed by atoms with Crippen molar-refractivity contribution >= 4 is 5.97 Å². The van der Waals surface area contributed by atoms with E-state index in [0.29, 0.717) is 12.8 Å². The van der Waals surface area contributed by atoms with Gasteiger partial charge in [0.2, 0.25) is 0 Å². The number of carbonyl (C=O) groups is 1. The van der Waals surface area contributed by atoms with E-state index in [1.165, 1.54) is 38.5 Å². The molecule has 1 N–H and O–H groups in total. The normalized spacial score (nSPS) is 12.5. The maximum absolute atomic E-state index is 12.9. The predicted octanol–water partition coefficient (Wildman–Crippen LogP) is 5.50. The Labute approximate surface area is 117 Å². The number of unbranched alkanes of at least 4 members (excludes halogenated alkanes) is 9. The van der Waals surface area contributed by atoms with Gasteiger partial charge in [-0.05, 0) is 19.3 Å². The van der Waals surface area contributed by atoms with E-state index in [4.69, 9.17) is 5.11 Å². The molecule has 0 aliphatic rings. The second kappa shape index (κ2) is 13.8. The molecule has 3 heteroatoms. The number of carboxylic acid groups (broad SMARTS) is 1. The van der Waals surface area contributed by atoms with Crippen LogP contribution in [0.25, 0.3) is 0 Å². The zero-order valence-corrected chi connectivity index (χ0v) is 12.5. The molecule has 0 bridgehead atoms. The SMILES string of the molecule is CCC(F)CCCCCCCCCCCCC(=O)O. The van der Waals surface area contributed by atoms with Crippen LogP contribution in [0.4, 0.5) is 4.39 Å². The van der Waals surface area contributed by atoms with E-state index in [9.17, 15) is 9.18 Å². The highest BCUT2D eigenvalue weighted by atomic mass is 19.1. The van der Waals surface area contributed by atoms with Crippen LogP contribution < -0.4 is 0 Å². The Morgan fingerprint density at radius 2 is 1.32 bits per heavy atom. The van der Waals surface area contributed by atoms with Gasteiger partial charge in [0.25, 0.3) is 0 Å². The third-order valence-corrected chi connectivity index (χ3v) is 3.60. The van der Waals surface area contributed by atoms with Gasteiger partial charge >= 0.3 is 5.97 Å². The van der Waals surface area contributed by atoms with Gasteiger partial charge in [0.05, 0.1) is 6.17 Å². The van der Waals surface area contributed by atoms with Gasteiger partial charge in [-0.1, -0.05) is 64.7 Å². The van der Waals surface area contributed by atoms with Crippen LogP contribution in [0.3, 0.4) is 0 Å². The fourth-order valence-electron chi connectivity index (χ4n) is 2.26. The molecule has 19 heavy (non-hydrogen) atoms. The third-order valence-electron chi connectivity index (χ3n) is 3.60. The van der Waals surface area contributed by atoms with Crippen LogP contribution >= 0.6 is 0 Å². The summed E-state index contributed by atoms with van der Waals surface area (Å²) in [6.07, 6.45) is 12.6. The molecule has 0 saturated carbocycles. The summed E-state index contributed by atoms with van der Waals surface area (Å²) < 4.78 is 12.9. The number of aliphatic carboxylic acids is 1. The summed E-state index contributed by atoms with van der Waals surface area (Å²) in [7, 11) is 0. The molecule has 0 fully saturated rings. The molecule has 0 aromatic heterocycles. The minimum Gasteiger partial charge on any atom is -0.481 e. The Morgan fingerprint density at radius 1 is 0.895 bits per heavy atom. The van der Waals surface area contributed by atoms with Crippen LogP contribution in [0, 0.1) is 0 Å². The van der Waals surface area contributed by atoms with Crippen molar-refractivity contribution in [2.45, 2.75) is 96.6 Å². The van der Waals surface area contributed by atoms with Crippen molar-refractivity contribution in [3.05, 3.63) is 0 Å². The average Bonchev–Trinajstić information content (AvgIpc) is 2.39. The first-order valence-electron chi connectivity index (χ1n) is 8.02. The van der Waals surface area contributed by atoms with Gasteiger partial charge in [0, 0.05) is 6.42 Å². The standard InChI is InChI=1S/C16H31FO2/c1-2-15(17)13-11-9-7-5-3-4-6-8-10-12-14-16(18)19/h15H,2-14H2,1H3,(H,18,19). The lowest BCUT2D eigenvalue weighted by atomic mass is 10.0. The third kappa shape index (κ3) is 15.3. The van der Waals surface area contributed by atoms with Gasteiger partial charge in [0.1, 0.15) is 0 Å². The Kier molecular flexibility index (Phi) is 13.4. The zero-order chi connectivity index (χ0) is 14.3. The van der Waals surface area contributed by atoms with Gasteiger partial charge < -0.3 is 5.11 Å². The molecular weight excluding hydrogens is 243 g/mol. The summed E-state index contributed by atoms with van der Waals surface area (Å²) in [4.78, 5) is 10.3. The monoisotopic (exact) mass is 274 g/mol. The van der Waals surface area contributed by atoms with Crippen LogP contribution in [0.2, 0.25) is 0 Å². The Balaban J connectivity index is 3.01. The molecule has 0 radical (unpaired) electrons. The molecule has 0 aliphatic carbocycles. The van der Waals surface area contributed by atoms with Gasteiger partial charge in [-0.15, -0.1) is 0 Å². The molecule has 0 rings (SSSR count). The van der Waals surface area contributed by atoms with E-state index < -0.39 is 12.1 Å². The summed E-state index contributed by atoms with van der Waals surface area (Å²) in [6, 6.07) is 0. The fourth-order valence-corrected chi connectivity index (χ4v) is 2.26. The van der Waals surface area contributed by atoms with Crippen molar-refractivity contribution < 1.29 is 14.3 Å². The second-order valence-corrected chi connectivity index (χ2v) is 5.47. The number of alkyl halides is 1. The lowest BCUT2D eigenvalue weighted by Crippen LogP contribution is -1.96.